The summed E-state index contributed by atoms with van der Waals surface area (Å²) in [4.78, 5) is 18.2. The molecule has 36 heavy (non-hydrogen) atoms. The molecule has 10 heteroatoms. The maximum atomic E-state index is 15.1. The van der Waals surface area contributed by atoms with Gasteiger partial charge in [-0.15, -0.1) is 0 Å². The highest BCUT2D eigenvalue weighted by Crippen LogP contribution is 2.40. The average molecular weight is 495 g/mol. The fourth-order valence-electron chi connectivity index (χ4n) is 4.61. The van der Waals surface area contributed by atoms with Crippen LogP contribution in [0.25, 0.3) is 22.3 Å². The van der Waals surface area contributed by atoms with Gasteiger partial charge in [0.1, 0.15) is 5.92 Å². The molecule has 1 N–H and O–H groups in total. The molecule has 2 aromatic carbocycles. The van der Waals surface area contributed by atoms with Gasteiger partial charge >= 0.3 is 0 Å². The van der Waals surface area contributed by atoms with E-state index >= 15 is 8.78 Å². The van der Waals surface area contributed by atoms with Crippen molar-refractivity contribution in [2.75, 3.05) is 26.2 Å². The Morgan fingerprint density at radius 1 is 1.22 bits per heavy atom. The summed E-state index contributed by atoms with van der Waals surface area (Å²) in [5, 5.41) is 12.2. The number of halogens is 2. The number of carbonyl (C=O) groups is 1. The Morgan fingerprint density at radius 3 is 2.78 bits per heavy atom. The van der Waals surface area contributed by atoms with Crippen molar-refractivity contribution in [1.29, 1.82) is 0 Å². The van der Waals surface area contributed by atoms with E-state index in [0.717, 1.165) is 10.9 Å². The molecule has 0 radical (unpaired) electrons. The minimum absolute atomic E-state index is 0.0514. The number of carbonyl (C=O) groups excluding carboxylic acids is 1. The topological polar surface area (TPSA) is 89.1 Å². The van der Waals surface area contributed by atoms with E-state index in [2.05, 4.69) is 20.6 Å². The summed E-state index contributed by atoms with van der Waals surface area (Å²) in [5.74, 6) is -4.18. The normalized spacial score (nSPS) is 18.1. The highest BCUT2D eigenvalue weighted by atomic mass is 19.3. The third-order valence-corrected chi connectivity index (χ3v) is 6.51. The standard InChI is InChI=1S/C26H28F2N6O2/c1-17(2)34-22-14-19(8-9-20(22)15-30-34)23-31-25(36-32-23)21-10-12-33(16-26(21,27)28)13-11-29-24(35)18-6-4-3-5-7-18/h3-9,14-15,17,21H,10-13,16H2,1-2H3,(H,29,35). The molecule has 1 fully saturated rings. The molecular weight excluding hydrogens is 466 g/mol. The summed E-state index contributed by atoms with van der Waals surface area (Å²) < 4.78 is 37.4. The van der Waals surface area contributed by atoms with Gasteiger partial charge in [0.15, 0.2) is 0 Å². The molecule has 0 bridgehead atoms. The second-order valence-corrected chi connectivity index (χ2v) is 9.41. The number of alkyl halides is 2. The number of benzene rings is 2. The predicted molar refractivity (Wildman–Crippen MR) is 131 cm³/mol. The van der Waals surface area contributed by atoms with Crippen LogP contribution in [-0.4, -0.2) is 62.8 Å². The summed E-state index contributed by atoms with van der Waals surface area (Å²) in [6.45, 7) is 4.71. The van der Waals surface area contributed by atoms with Gasteiger partial charge in [0.05, 0.1) is 18.3 Å². The second-order valence-electron chi connectivity index (χ2n) is 9.41. The lowest BCUT2D eigenvalue weighted by Crippen LogP contribution is -2.49. The van der Waals surface area contributed by atoms with Crippen LogP contribution in [0.4, 0.5) is 8.78 Å². The summed E-state index contributed by atoms with van der Waals surface area (Å²) in [6, 6.07) is 14.6. The lowest BCUT2D eigenvalue weighted by atomic mass is 9.92. The number of rotatable bonds is 7. The van der Waals surface area contributed by atoms with E-state index in [1.807, 2.05) is 42.8 Å². The predicted octanol–water partition coefficient (Wildman–Crippen LogP) is 4.52. The summed E-state index contributed by atoms with van der Waals surface area (Å²) in [6.07, 6.45) is 1.97. The quantitative estimate of drug-likeness (QED) is 0.406. The zero-order valence-corrected chi connectivity index (χ0v) is 20.2. The second kappa shape index (κ2) is 9.77. The molecule has 4 aromatic rings. The van der Waals surface area contributed by atoms with Crippen molar-refractivity contribution in [3.05, 3.63) is 66.2 Å². The van der Waals surface area contributed by atoms with E-state index in [0.29, 0.717) is 24.2 Å². The maximum Gasteiger partial charge on any atom is 0.272 e. The van der Waals surface area contributed by atoms with Crippen molar-refractivity contribution in [2.24, 2.45) is 0 Å². The van der Waals surface area contributed by atoms with Crippen LogP contribution >= 0.6 is 0 Å². The Kier molecular flexibility index (Phi) is 6.53. The van der Waals surface area contributed by atoms with Crippen LogP contribution in [-0.2, 0) is 0 Å². The Labute approximate surface area is 207 Å². The number of aromatic nitrogens is 4. The van der Waals surface area contributed by atoms with Crippen LogP contribution in [0.3, 0.4) is 0 Å². The smallest absolute Gasteiger partial charge is 0.272 e. The van der Waals surface area contributed by atoms with Crippen LogP contribution in [0, 0.1) is 0 Å². The van der Waals surface area contributed by atoms with Crippen LogP contribution in [0.2, 0.25) is 0 Å². The first-order valence-corrected chi connectivity index (χ1v) is 12.1. The number of likely N-dealkylation sites (tertiary alicyclic amines) is 1. The molecule has 0 aliphatic carbocycles. The van der Waals surface area contributed by atoms with Gasteiger partial charge in [-0.3, -0.25) is 14.4 Å². The van der Waals surface area contributed by atoms with E-state index in [4.69, 9.17) is 4.52 Å². The summed E-state index contributed by atoms with van der Waals surface area (Å²) in [5.41, 5.74) is 2.16. The molecular formula is C26H28F2N6O2. The molecule has 188 valence electrons. The first-order chi connectivity index (χ1) is 17.3. The van der Waals surface area contributed by atoms with E-state index in [1.165, 1.54) is 0 Å². The molecule has 8 nitrogen and oxygen atoms in total. The molecule has 2 aromatic heterocycles. The number of piperidine rings is 1. The fraction of sp³-hybridized carbons (Fsp3) is 0.385. The molecule has 1 amide bonds. The van der Waals surface area contributed by atoms with E-state index in [9.17, 15) is 4.79 Å². The minimum Gasteiger partial charge on any atom is -0.351 e. The molecule has 1 aliphatic heterocycles. The van der Waals surface area contributed by atoms with E-state index in [-0.39, 0.29) is 36.6 Å². The molecule has 1 saturated heterocycles. The Morgan fingerprint density at radius 2 is 2.03 bits per heavy atom. The molecule has 1 unspecified atom stereocenters. The number of amides is 1. The fourth-order valence-corrected chi connectivity index (χ4v) is 4.61. The van der Waals surface area contributed by atoms with E-state index in [1.54, 1.807) is 35.4 Å². The van der Waals surface area contributed by atoms with Gasteiger partial charge in [0, 0.05) is 35.6 Å². The average Bonchev–Trinajstić information content (AvgIpc) is 3.51. The maximum absolute atomic E-state index is 15.1. The van der Waals surface area contributed by atoms with Gasteiger partial charge in [-0.25, -0.2) is 8.78 Å². The monoisotopic (exact) mass is 494 g/mol. The zero-order valence-electron chi connectivity index (χ0n) is 20.2. The van der Waals surface area contributed by atoms with Gasteiger partial charge < -0.3 is 9.84 Å². The van der Waals surface area contributed by atoms with Crippen molar-refractivity contribution in [3.8, 4) is 11.4 Å². The first-order valence-electron chi connectivity index (χ1n) is 12.1. The van der Waals surface area contributed by atoms with Crippen LogP contribution in [0.1, 0.15) is 48.5 Å². The van der Waals surface area contributed by atoms with Crippen LogP contribution in [0.15, 0.2) is 59.3 Å². The Balaban J connectivity index is 1.22. The van der Waals surface area contributed by atoms with Crippen LogP contribution < -0.4 is 5.32 Å². The highest BCUT2D eigenvalue weighted by molar-refractivity contribution is 5.94. The van der Waals surface area contributed by atoms with Crippen molar-refractivity contribution in [2.45, 2.75) is 38.2 Å². The summed E-state index contributed by atoms with van der Waals surface area (Å²) >= 11 is 0. The van der Waals surface area contributed by atoms with Gasteiger partial charge in [-0.1, -0.05) is 35.5 Å². The number of nitrogens with one attached hydrogen (secondary N) is 1. The van der Waals surface area contributed by atoms with Gasteiger partial charge in [-0.2, -0.15) is 10.1 Å². The zero-order chi connectivity index (χ0) is 25.3. The van der Waals surface area contributed by atoms with E-state index < -0.39 is 18.4 Å². The summed E-state index contributed by atoms with van der Waals surface area (Å²) in [7, 11) is 0. The molecule has 1 atom stereocenters. The van der Waals surface area contributed by atoms with Gasteiger partial charge in [-0.05, 0) is 45.0 Å². The third-order valence-electron chi connectivity index (χ3n) is 6.51. The first kappa shape index (κ1) is 24.1. The highest BCUT2D eigenvalue weighted by Gasteiger charge is 2.48. The van der Waals surface area contributed by atoms with Gasteiger partial charge in [0.25, 0.3) is 11.8 Å². The van der Waals surface area contributed by atoms with Crippen molar-refractivity contribution in [1.82, 2.24) is 30.1 Å². The SMILES string of the molecule is CC(C)n1ncc2ccc(-c3noc(C4CCN(CCNC(=O)c5ccccc5)CC4(F)F)n3)cc21. The lowest BCUT2D eigenvalue weighted by molar-refractivity contribution is -0.0892. The number of hydrogen-bond donors (Lipinski definition) is 1. The number of nitrogens with zero attached hydrogens (tertiary/aromatic N) is 5. The number of fused-ring (bicyclic) bond motifs is 1. The Bertz CT molecular complexity index is 1350. The van der Waals surface area contributed by atoms with Crippen molar-refractivity contribution >= 4 is 16.8 Å². The minimum atomic E-state index is -3.04. The molecule has 0 spiro atoms. The lowest BCUT2D eigenvalue weighted by Gasteiger charge is -2.36. The van der Waals surface area contributed by atoms with Crippen molar-refractivity contribution in [3.63, 3.8) is 0 Å². The largest absolute Gasteiger partial charge is 0.351 e. The Hall–Kier alpha value is -3.66. The van der Waals surface area contributed by atoms with Crippen LogP contribution in [0.5, 0.6) is 0 Å². The molecule has 1 aliphatic rings. The molecule has 0 saturated carbocycles. The number of hydrogen-bond acceptors (Lipinski definition) is 6. The van der Waals surface area contributed by atoms with Crippen molar-refractivity contribution < 1.29 is 18.1 Å². The molecule has 5 rings (SSSR count). The molecule has 3 heterocycles. The third kappa shape index (κ3) is 4.86. The van der Waals surface area contributed by atoms with Gasteiger partial charge in [0.2, 0.25) is 11.7 Å².